The Morgan fingerprint density at radius 2 is 1.71 bits per heavy atom. The van der Waals surface area contributed by atoms with Crippen molar-refractivity contribution in [1.82, 2.24) is 0 Å². The van der Waals surface area contributed by atoms with Gasteiger partial charge in [0.05, 0.1) is 12.0 Å². The second-order valence-electron chi connectivity index (χ2n) is 5.55. The van der Waals surface area contributed by atoms with Crippen LogP contribution in [0.25, 0.3) is 11.0 Å². The lowest BCUT2D eigenvalue weighted by Crippen LogP contribution is -2.14. The molecule has 3 aromatic rings. The predicted octanol–water partition coefficient (Wildman–Crippen LogP) is 3.25. The fourth-order valence-corrected chi connectivity index (χ4v) is 3.78. The van der Waals surface area contributed by atoms with Crippen molar-refractivity contribution in [2.45, 2.75) is 23.6 Å². The lowest BCUT2D eigenvalue weighted by Gasteiger charge is -2.08. The number of methoxy groups -OCH3 is 1. The molecule has 0 aliphatic carbocycles. The zero-order valence-electron chi connectivity index (χ0n) is 13.5. The molecule has 0 saturated carbocycles. The molecule has 0 radical (unpaired) electrons. The lowest BCUT2D eigenvalue weighted by molar-refractivity contribution is 0.415. The summed E-state index contributed by atoms with van der Waals surface area (Å²) in [5.41, 5.74) is 1.23. The van der Waals surface area contributed by atoms with Crippen LogP contribution in [-0.4, -0.2) is 15.5 Å². The third-order valence-corrected chi connectivity index (χ3v) is 5.72. The second kappa shape index (κ2) is 5.79. The Bertz CT molecular complexity index is 1090. The fourth-order valence-electron chi connectivity index (χ4n) is 2.40. The van der Waals surface area contributed by atoms with Gasteiger partial charge in [-0.05, 0) is 61.4 Å². The number of benzene rings is 2. The first-order valence-electron chi connectivity index (χ1n) is 7.27. The zero-order valence-corrected chi connectivity index (χ0v) is 14.3. The van der Waals surface area contributed by atoms with Crippen LogP contribution in [0.3, 0.4) is 0 Å². The van der Waals surface area contributed by atoms with Gasteiger partial charge in [0.25, 0.3) is 0 Å². The van der Waals surface area contributed by atoms with Crippen molar-refractivity contribution < 1.29 is 17.6 Å². The summed E-state index contributed by atoms with van der Waals surface area (Å²) in [6, 6.07) is 10.9. The molecule has 1 aromatic heterocycles. The van der Waals surface area contributed by atoms with Crippen molar-refractivity contribution in [2.75, 3.05) is 7.11 Å². The standard InChI is InChI=1S/C18H16O5S/c1-11-4-6-15(8-12(11)2)24(20,21)17-10-13-9-14(22-3)5-7-16(13)23-18(17)19/h4-10H,1-3H3. The Labute approximate surface area is 139 Å². The number of hydrogen-bond donors (Lipinski definition) is 0. The predicted molar refractivity (Wildman–Crippen MR) is 90.4 cm³/mol. The van der Waals surface area contributed by atoms with E-state index in [9.17, 15) is 13.2 Å². The third kappa shape index (κ3) is 2.69. The van der Waals surface area contributed by atoms with Crippen LogP contribution in [0.2, 0.25) is 0 Å². The third-order valence-electron chi connectivity index (χ3n) is 3.99. The number of rotatable bonds is 3. The Morgan fingerprint density at radius 3 is 2.38 bits per heavy atom. The molecule has 0 bridgehead atoms. The molecule has 0 aliphatic heterocycles. The minimum atomic E-state index is -3.97. The van der Waals surface area contributed by atoms with E-state index in [-0.39, 0.29) is 9.79 Å². The quantitative estimate of drug-likeness (QED) is 0.682. The van der Waals surface area contributed by atoms with Crippen molar-refractivity contribution in [2.24, 2.45) is 0 Å². The number of hydrogen-bond acceptors (Lipinski definition) is 5. The van der Waals surface area contributed by atoms with E-state index < -0.39 is 15.5 Å². The molecule has 124 valence electrons. The smallest absolute Gasteiger partial charge is 0.355 e. The summed E-state index contributed by atoms with van der Waals surface area (Å²) in [5.74, 6) is 0.547. The summed E-state index contributed by atoms with van der Waals surface area (Å²) in [6.45, 7) is 3.71. The van der Waals surface area contributed by atoms with Crippen LogP contribution in [0.5, 0.6) is 5.75 Å². The fraction of sp³-hybridized carbons (Fsp3) is 0.167. The van der Waals surface area contributed by atoms with Crippen molar-refractivity contribution in [3.63, 3.8) is 0 Å². The van der Waals surface area contributed by atoms with Gasteiger partial charge in [0, 0.05) is 5.39 Å². The van der Waals surface area contributed by atoms with E-state index >= 15 is 0 Å². The van der Waals surface area contributed by atoms with Crippen LogP contribution in [0.15, 0.2) is 61.5 Å². The SMILES string of the molecule is COc1ccc2oc(=O)c(S(=O)(=O)c3ccc(C)c(C)c3)cc2c1. The maximum absolute atomic E-state index is 12.8. The van der Waals surface area contributed by atoms with Crippen LogP contribution in [-0.2, 0) is 9.84 Å². The number of fused-ring (bicyclic) bond motifs is 1. The van der Waals surface area contributed by atoms with Crippen LogP contribution in [0.1, 0.15) is 11.1 Å². The van der Waals surface area contributed by atoms with Crippen LogP contribution in [0, 0.1) is 13.8 Å². The van der Waals surface area contributed by atoms with Crippen LogP contribution >= 0.6 is 0 Å². The van der Waals surface area contributed by atoms with Crippen LogP contribution in [0.4, 0.5) is 0 Å². The van der Waals surface area contributed by atoms with Crippen molar-refractivity contribution in [3.8, 4) is 5.75 Å². The van der Waals surface area contributed by atoms with E-state index in [0.717, 1.165) is 11.1 Å². The molecular weight excluding hydrogens is 328 g/mol. The van der Waals surface area contributed by atoms with Crippen molar-refractivity contribution in [1.29, 1.82) is 0 Å². The first-order valence-corrected chi connectivity index (χ1v) is 8.75. The zero-order chi connectivity index (χ0) is 17.5. The topological polar surface area (TPSA) is 73.6 Å². The largest absolute Gasteiger partial charge is 0.497 e. The molecular formula is C18H16O5S. The second-order valence-corrected chi connectivity index (χ2v) is 7.47. The molecule has 0 aliphatic rings. The highest BCUT2D eigenvalue weighted by atomic mass is 32.2. The molecule has 0 atom stereocenters. The van der Waals surface area contributed by atoms with Gasteiger partial charge in [-0.15, -0.1) is 0 Å². The van der Waals surface area contributed by atoms with E-state index in [2.05, 4.69) is 0 Å². The highest BCUT2D eigenvalue weighted by Crippen LogP contribution is 2.25. The molecule has 2 aromatic carbocycles. The van der Waals surface area contributed by atoms with E-state index in [0.29, 0.717) is 16.7 Å². The normalized spacial score (nSPS) is 11.6. The Morgan fingerprint density at radius 1 is 0.958 bits per heavy atom. The average molecular weight is 344 g/mol. The first-order chi connectivity index (χ1) is 11.3. The molecule has 0 saturated heterocycles. The molecule has 0 spiro atoms. The van der Waals surface area contributed by atoms with Gasteiger partial charge in [0.1, 0.15) is 11.3 Å². The van der Waals surface area contributed by atoms with Crippen molar-refractivity contribution >= 4 is 20.8 Å². The van der Waals surface area contributed by atoms with Gasteiger partial charge in [0.15, 0.2) is 4.90 Å². The Kier molecular flexibility index (Phi) is 3.93. The van der Waals surface area contributed by atoms with Crippen molar-refractivity contribution in [3.05, 3.63) is 64.0 Å². The number of sulfone groups is 1. The Balaban J connectivity index is 2.25. The summed E-state index contributed by atoms with van der Waals surface area (Å²) in [6.07, 6.45) is 0. The number of ether oxygens (including phenoxy) is 1. The maximum atomic E-state index is 12.8. The Hall–Kier alpha value is -2.60. The molecule has 0 fully saturated rings. The average Bonchev–Trinajstić information content (AvgIpc) is 2.56. The molecule has 1 heterocycles. The van der Waals surface area contributed by atoms with E-state index in [1.54, 1.807) is 30.3 Å². The van der Waals surface area contributed by atoms with Crippen LogP contribution < -0.4 is 10.4 Å². The lowest BCUT2D eigenvalue weighted by atomic mass is 10.1. The van der Waals surface area contributed by atoms with E-state index in [4.69, 9.17) is 9.15 Å². The highest BCUT2D eigenvalue weighted by molar-refractivity contribution is 7.91. The van der Waals surface area contributed by atoms with E-state index in [1.165, 1.54) is 19.2 Å². The summed E-state index contributed by atoms with van der Waals surface area (Å²) in [4.78, 5) is 11.9. The molecule has 5 nitrogen and oxygen atoms in total. The summed E-state index contributed by atoms with van der Waals surface area (Å²) in [7, 11) is -2.46. The first kappa shape index (κ1) is 16.3. The summed E-state index contributed by atoms with van der Waals surface area (Å²) >= 11 is 0. The molecule has 6 heteroatoms. The van der Waals surface area contributed by atoms with Gasteiger partial charge in [-0.3, -0.25) is 0 Å². The molecule has 0 N–H and O–H groups in total. The van der Waals surface area contributed by atoms with Gasteiger partial charge in [-0.2, -0.15) is 0 Å². The van der Waals surface area contributed by atoms with Gasteiger partial charge >= 0.3 is 5.63 Å². The molecule has 3 rings (SSSR count). The minimum absolute atomic E-state index is 0.0696. The van der Waals surface area contributed by atoms with E-state index in [1.807, 2.05) is 13.8 Å². The summed E-state index contributed by atoms with van der Waals surface area (Å²) < 4.78 is 35.9. The molecule has 24 heavy (non-hydrogen) atoms. The number of aryl methyl sites for hydroxylation is 2. The highest BCUT2D eigenvalue weighted by Gasteiger charge is 2.23. The monoisotopic (exact) mass is 344 g/mol. The maximum Gasteiger partial charge on any atom is 0.355 e. The summed E-state index contributed by atoms with van der Waals surface area (Å²) in [5, 5.41) is 0.483. The molecule has 0 amide bonds. The van der Waals surface area contributed by atoms with Gasteiger partial charge in [-0.1, -0.05) is 6.07 Å². The minimum Gasteiger partial charge on any atom is -0.497 e. The van der Waals surface area contributed by atoms with Gasteiger partial charge < -0.3 is 9.15 Å². The van der Waals surface area contributed by atoms with Gasteiger partial charge in [-0.25, -0.2) is 13.2 Å². The molecule has 0 unspecified atom stereocenters. The van der Waals surface area contributed by atoms with Gasteiger partial charge in [0.2, 0.25) is 9.84 Å².